The van der Waals surface area contributed by atoms with Crippen molar-refractivity contribution in [2.75, 3.05) is 5.32 Å². The molecule has 0 fully saturated rings. The zero-order chi connectivity index (χ0) is 16.2. The van der Waals surface area contributed by atoms with Gasteiger partial charge >= 0.3 is 0 Å². The quantitative estimate of drug-likeness (QED) is 0.675. The highest BCUT2D eigenvalue weighted by Crippen LogP contribution is 2.37. The van der Waals surface area contributed by atoms with Gasteiger partial charge in [0.2, 0.25) is 0 Å². The molecule has 2 aromatic rings. The van der Waals surface area contributed by atoms with Crippen LogP contribution >= 0.6 is 22.7 Å². The van der Waals surface area contributed by atoms with Crippen molar-refractivity contribution in [3.63, 3.8) is 0 Å². The molecule has 0 aromatic carbocycles. The summed E-state index contributed by atoms with van der Waals surface area (Å²) in [6.07, 6.45) is 5.60. The molecule has 1 N–H and O–H groups in total. The topological polar surface area (TPSA) is 76.7 Å². The lowest BCUT2D eigenvalue weighted by atomic mass is 9.96. The molecule has 1 aliphatic rings. The van der Waals surface area contributed by atoms with Gasteiger partial charge in [-0.05, 0) is 59.7 Å². The van der Waals surface area contributed by atoms with Gasteiger partial charge in [-0.15, -0.1) is 11.3 Å². The average molecular weight is 339 g/mol. The predicted molar refractivity (Wildman–Crippen MR) is 92.2 cm³/mol. The summed E-state index contributed by atoms with van der Waals surface area (Å²) in [6.45, 7) is 0. The fourth-order valence-electron chi connectivity index (χ4n) is 2.62. The summed E-state index contributed by atoms with van der Waals surface area (Å²) in [5, 5.41) is 25.7. The lowest BCUT2D eigenvalue weighted by Gasteiger charge is -2.09. The second-order valence-electron chi connectivity index (χ2n) is 5.21. The zero-order valence-corrected chi connectivity index (χ0v) is 13.9. The predicted octanol–water partition coefficient (Wildman–Crippen LogP) is 4.11. The summed E-state index contributed by atoms with van der Waals surface area (Å²) in [4.78, 5) is 13.5. The van der Waals surface area contributed by atoms with Crippen molar-refractivity contribution in [3.8, 4) is 12.1 Å². The van der Waals surface area contributed by atoms with Crippen molar-refractivity contribution in [3.05, 3.63) is 44.0 Å². The molecule has 2 aromatic heterocycles. The van der Waals surface area contributed by atoms with Crippen molar-refractivity contribution < 1.29 is 4.79 Å². The van der Waals surface area contributed by atoms with E-state index in [1.165, 1.54) is 27.6 Å². The van der Waals surface area contributed by atoms with Gasteiger partial charge in [-0.3, -0.25) is 4.79 Å². The van der Waals surface area contributed by atoms with Gasteiger partial charge < -0.3 is 5.32 Å². The number of hydrogen-bond acceptors (Lipinski definition) is 5. The van der Waals surface area contributed by atoms with Gasteiger partial charge in [0.05, 0.1) is 5.56 Å². The number of nitrogens with zero attached hydrogens (tertiary/aromatic N) is 2. The molecule has 114 valence electrons. The van der Waals surface area contributed by atoms with Gasteiger partial charge in [0.1, 0.15) is 22.7 Å². The smallest absolute Gasteiger partial charge is 0.266 e. The SMILES string of the molecule is N#C/C(=C\c1ccsc1)C(=O)Nc1sc2c(c1C#N)CCCC2. The van der Waals surface area contributed by atoms with Crippen molar-refractivity contribution in [2.45, 2.75) is 25.7 Å². The number of hydrogen-bond donors (Lipinski definition) is 1. The summed E-state index contributed by atoms with van der Waals surface area (Å²) in [5.74, 6) is -0.464. The number of amides is 1. The van der Waals surface area contributed by atoms with Gasteiger partial charge in [0.15, 0.2) is 0 Å². The first kappa shape index (κ1) is 15.5. The monoisotopic (exact) mass is 339 g/mol. The average Bonchev–Trinajstić information content (AvgIpc) is 3.19. The molecule has 0 bridgehead atoms. The molecular weight excluding hydrogens is 326 g/mol. The first-order chi connectivity index (χ1) is 11.2. The summed E-state index contributed by atoms with van der Waals surface area (Å²) < 4.78 is 0. The highest BCUT2D eigenvalue weighted by Gasteiger charge is 2.22. The van der Waals surface area contributed by atoms with Crippen molar-refractivity contribution in [1.82, 2.24) is 0 Å². The van der Waals surface area contributed by atoms with Crippen LogP contribution in [0, 0.1) is 22.7 Å². The summed E-state index contributed by atoms with van der Waals surface area (Å²) in [6, 6.07) is 5.99. The highest BCUT2D eigenvalue weighted by molar-refractivity contribution is 7.16. The van der Waals surface area contributed by atoms with Gasteiger partial charge in [0.25, 0.3) is 5.91 Å². The molecule has 0 radical (unpaired) electrons. The second kappa shape index (κ2) is 6.78. The Kier molecular flexibility index (Phi) is 4.57. The van der Waals surface area contributed by atoms with E-state index in [4.69, 9.17) is 0 Å². The number of nitriles is 2. The van der Waals surface area contributed by atoms with Crippen LogP contribution in [0.1, 0.15) is 34.4 Å². The minimum atomic E-state index is -0.464. The van der Waals surface area contributed by atoms with Crippen molar-refractivity contribution in [1.29, 1.82) is 10.5 Å². The number of carbonyl (C=O) groups is 1. The van der Waals surface area contributed by atoms with E-state index in [1.807, 2.05) is 22.9 Å². The minimum absolute atomic E-state index is 0.0404. The van der Waals surface area contributed by atoms with E-state index in [-0.39, 0.29) is 5.57 Å². The van der Waals surface area contributed by atoms with Crippen LogP contribution in [0.4, 0.5) is 5.00 Å². The first-order valence-electron chi connectivity index (χ1n) is 7.23. The molecular formula is C17H13N3OS2. The molecule has 0 saturated carbocycles. The molecule has 23 heavy (non-hydrogen) atoms. The maximum Gasteiger partial charge on any atom is 0.266 e. The van der Waals surface area contributed by atoms with E-state index in [0.717, 1.165) is 36.8 Å². The maximum absolute atomic E-state index is 12.3. The Morgan fingerprint density at radius 3 is 2.83 bits per heavy atom. The fraction of sp³-hybridized carbons (Fsp3) is 0.235. The van der Waals surface area contributed by atoms with E-state index in [2.05, 4.69) is 11.4 Å². The number of aryl methyl sites for hydroxylation is 1. The molecule has 0 aliphatic heterocycles. The van der Waals surface area contributed by atoms with Crippen molar-refractivity contribution in [2.24, 2.45) is 0 Å². The number of nitrogens with one attached hydrogen (secondary N) is 1. The van der Waals surface area contributed by atoms with Crippen LogP contribution in [0.2, 0.25) is 0 Å². The van der Waals surface area contributed by atoms with E-state index in [1.54, 1.807) is 6.08 Å². The third-order valence-electron chi connectivity index (χ3n) is 3.73. The lowest BCUT2D eigenvalue weighted by Crippen LogP contribution is -2.13. The number of rotatable bonds is 3. The van der Waals surface area contributed by atoms with Crippen LogP contribution in [-0.4, -0.2) is 5.91 Å². The second-order valence-corrected chi connectivity index (χ2v) is 7.09. The number of carbonyl (C=O) groups excluding carboxylic acids is 1. The Morgan fingerprint density at radius 1 is 1.30 bits per heavy atom. The Labute approximate surface area is 142 Å². The Morgan fingerprint density at radius 2 is 2.13 bits per heavy atom. The van der Waals surface area contributed by atoms with Crippen LogP contribution in [0.15, 0.2) is 22.4 Å². The summed E-state index contributed by atoms with van der Waals surface area (Å²) in [5.41, 5.74) is 2.50. The molecule has 0 unspecified atom stereocenters. The highest BCUT2D eigenvalue weighted by atomic mass is 32.1. The summed E-state index contributed by atoms with van der Waals surface area (Å²) in [7, 11) is 0. The van der Waals surface area contributed by atoms with E-state index >= 15 is 0 Å². The number of anilines is 1. The molecule has 4 nitrogen and oxygen atoms in total. The van der Waals surface area contributed by atoms with Crippen molar-refractivity contribution >= 4 is 39.7 Å². The molecule has 2 heterocycles. The number of fused-ring (bicyclic) bond motifs is 1. The van der Waals surface area contributed by atoms with E-state index < -0.39 is 5.91 Å². The molecule has 3 rings (SSSR count). The fourth-order valence-corrected chi connectivity index (χ4v) is 4.47. The Bertz CT molecular complexity index is 848. The van der Waals surface area contributed by atoms with Crippen LogP contribution in [0.3, 0.4) is 0 Å². The van der Waals surface area contributed by atoms with Gasteiger partial charge in [-0.25, -0.2) is 0 Å². The van der Waals surface area contributed by atoms with Crippen LogP contribution in [0.5, 0.6) is 0 Å². The van der Waals surface area contributed by atoms with Crippen LogP contribution in [0.25, 0.3) is 6.08 Å². The third kappa shape index (κ3) is 3.19. The van der Waals surface area contributed by atoms with Crippen LogP contribution in [-0.2, 0) is 17.6 Å². The largest absolute Gasteiger partial charge is 0.312 e. The molecule has 0 saturated heterocycles. The third-order valence-corrected chi connectivity index (χ3v) is 5.64. The zero-order valence-electron chi connectivity index (χ0n) is 12.3. The molecule has 0 spiro atoms. The maximum atomic E-state index is 12.3. The van der Waals surface area contributed by atoms with E-state index in [9.17, 15) is 15.3 Å². The van der Waals surface area contributed by atoms with Gasteiger partial charge in [-0.1, -0.05) is 0 Å². The van der Waals surface area contributed by atoms with Crippen LogP contribution < -0.4 is 5.32 Å². The Balaban J connectivity index is 1.87. The van der Waals surface area contributed by atoms with Gasteiger partial charge in [-0.2, -0.15) is 21.9 Å². The van der Waals surface area contributed by atoms with E-state index in [0.29, 0.717) is 10.6 Å². The number of thiophene rings is 2. The minimum Gasteiger partial charge on any atom is -0.312 e. The lowest BCUT2D eigenvalue weighted by molar-refractivity contribution is -0.112. The Hall–Kier alpha value is -2.41. The summed E-state index contributed by atoms with van der Waals surface area (Å²) >= 11 is 2.97. The molecule has 6 heteroatoms. The van der Waals surface area contributed by atoms with Gasteiger partial charge in [0, 0.05) is 4.88 Å². The molecule has 0 atom stereocenters. The molecule has 1 amide bonds. The standard InChI is InChI=1S/C17H13N3OS2/c18-8-12(7-11-5-6-22-10-11)16(21)20-17-14(9-19)13-3-1-2-4-15(13)23-17/h5-7,10H,1-4H2,(H,20,21)/b12-7+. The normalized spacial score (nSPS) is 13.7. The molecule has 1 aliphatic carbocycles. The first-order valence-corrected chi connectivity index (χ1v) is 8.99.